The fourth-order valence-corrected chi connectivity index (χ4v) is 6.09. The van der Waals surface area contributed by atoms with E-state index in [1.165, 1.54) is 0 Å². The summed E-state index contributed by atoms with van der Waals surface area (Å²) in [5, 5.41) is 11.6. The fourth-order valence-electron chi connectivity index (χ4n) is 6.09. The highest BCUT2D eigenvalue weighted by Gasteiger charge is 2.49. The Morgan fingerprint density at radius 2 is 1.74 bits per heavy atom. The Kier molecular flexibility index (Phi) is 6.07. The van der Waals surface area contributed by atoms with Gasteiger partial charge < -0.3 is 24.6 Å². The van der Waals surface area contributed by atoms with Gasteiger partial charge in [0, 0.05) is 72.5 Å². The highest BCUT2D eigenvalue weighted by Crippen LogP contribution is 2.49. The lowest BCUT2D eigenvalue weighted by Crippen LogP contribution is -2.55. The third-order valence-electron chi connectivity index (χ3n) is 8.01. The van der Waals surface area contributed by atoms with Gasteiger partial charge in [0.25, 0.3) is 11.8 Å². The molecule has 2 N–H and O–H groups in total. The highest BCUT2D eigenvalue weighted by atomic mass is 16.5. The summed E-state index contributed by atoms with van der Waals surface area (Å²) >= 11 is 0. The Morgan fingerprint density at radius 1 is 1.05 bits per heavy atom. The average molecular weight is 512 g/mol. The molecule has 3 aromatic heterocycles. The zero-order valence-electron chi connectivity index (χ0n) is 21.1. The van der Waals surface area contributed by atoms with Gasteiger partial charge in [-0.05, 0) is 54.8 Å². The minimum Gasteiger partial charge on any atom is -0.497 e. The van der Waals surface area contributed by atoms with E-state index in [-0.39, 0.29) is 18.4 Å². The fraction of sp³-hybridized carbons (Fsp3) is 0.310. The molecule has 5 heterocycles. The largest absolute Gasteiger partial charge is 0.497 e. The molecule has 1 saturated heterocycles. The Labute approximate surface area is 220 Å². The number of H-pyrrole nitrogens is 1. The molecule has 1 aromatic carbocycles. The molecule has 194 valence electrons. The second-order valence-corrected chi connectivity index (χ2v) is 10.0. The smallest absolute Gasteiger partial charge is 0.256 e. The third kappa shape index (κ3) is 3.90. The number of rotatable bonds is 4. The van der Waals surface area contributed by atoms with E-state index < -0.39 is 11.5 Å². The van der Waals surface area contributed by atoms with Crippen LogP contribution in [0.4, 0.5) is 0 Å². The van der Waals surface area contributed by atoms with Crippen LogP contribution in [0.5, 0.6) is 5.75 Å². The summed E-state index contributed by atoms with van der Waals surface area (Å²) in [4.78, 5) is 42.3. The molecule has 0 bridgehead atoms. The van der Waals surface area contributed by atoms with Gasteiger partial charge in [0.2, 0.25) is 0 Å². The van der Waals surface area contributed by atoms with E-state index in [2.05, 4.69) is 15.0 Å². The van der Waals surface area contributed by atoms with E-state index in [0.717, 1.165) is 27.9 Å². The number of piperidine rings is 1. The highest BCUT2D eigenvalue weighted by molar-refractivity contribution is 5.96. The van der Waals surface area contributed by atoms with Crippen LogP contribution in [-0.2, 0) is 5.41 Å². The van der Waals surface area contributed by atoms with Crippen molar-refractivity contribution in [2.75, 3.05) is 33.4 Å². The van der Waals surface area contributed by atoms with Crippen LogP contribution in [0.3, 0.4) is 0 Å². The average Bonchev–Trinajstić information content (AvgIpc) is 3.37. The number of nitrogens with zero attached hydrogens (tertiary/aromatic N) is 4. The quantitative estimate of drug-likeness (QED) is 0.435. The molecular weight excluding hydrogens is 482 g/mol. The number of benzene rings is 1. The first-order valence-electron chi connectivity index (χ1n) is 12.8. The molecule has 9 nitrogen and oxygen atoms in total. The van der Waals surface area contributed by atoms with Crippen molar-refractivity contribution in [1.29, 1.82) is 0 Å². The molecule has 2 amide bonds. The number of amides is 2. The molecule has 2 aliphatic heterocycles. The molecule has 9 heteroatoms. The van der Waals surface area contributed by atoms with Gasteiger partial charge in [-0.1, -0.05) is 0 Å². The monoisotopic (exact) mass is 511 g/mol. The van der Waals surface area contributed by atoms with Crippen LogP contribution in [-0.4, -0.2) is 75.0 Å². The van der Waals surface area contributed by atoms with Gasteiger partial charge in [0.05, 0.1) is 30.9 Å². The summed E-state index contributed by atoms with van der Waals surface area (Å²) in [5.74, 6) is 0.516. The molecule has 0 radical (unpaired) electrons. The molecular formula is C29H29N5O4. The van der Waals surface area contributed by atoms with Crippen LogP contribution in [0.15, 0.2) is 67.3 Å². The van der Waals surface area contributed by atoms with Crippen LogP contribution in [0.25, 0.3) is 10.9 Å². The lowest BCUT2D eigenvalue weighted by atomic mass is 9.68. The Morgan fingerprint density at radius 3 is 2.34 bits per heavy atom. The van der Waals surface area contributed by atoms with Gasteiger partial charge >= 0.3 is 0 Å². The van der Waals surface area contributed by atoms with E-state index in [9.17, 15) is 14.7 Å². The van der Waals surface area contributed by atoms with Crippen molar-refractivity contribution in [3.8, 4) is 5.75 Å². The Balaban J connectivity index is 1.42. The van der Waals surface area contributed by atoms with Gasteiger partial charge in [0.15, 0.2) is 0 Å². The molecule has 0 unspecified atom stereocenters. The van der Waals surface area contributed by atoms with Crippen molar-refractivity contribution in [2.45, 2.75) is 24.3 Å². The van der Waals surface area contributed by atoms with Crippen LogP contribution >= 0.6 is 0 Å². The normalized spacial score (nSPS) is 18.4. The van der Waals surface area contributed by atoms with E-state index in [0.29, 0.717) is 43.6 Å². The Bertz CT molecular complexity index is 1480. The van der Waals surface area contributed by atoms with Crippen molar-refractivity contribution < 1.29 is 19.4 Å². The van der Waals surface area contributed by atoms with Gasteiger partial charge in [-0.2, -0.15) is 0 Å². The second kappa shape index (κ2) is 9.57. The third-order valence-corrected chi connectivity index (χ3v) is 8.01. The minimum absolute atomic E-state index is 0.0378. The first kappa shape index (κ1) is 24.1. The maximum Gasteiger partial charge on any atom is 0.256 e. The predicted octanol–water partition coefficient (Wildman–Crippen LogP) is 3.33. The number of aliphatic hydroxyl groups is 1. The first-order chi connectivity index (χ1) is 18.5. The van der Waals surface area contributed by atoms with Crippen molar-refractivity contribution in [3.05, 3.63) is 89.6 Å². The molecule has 6 rings (SSSR count). The zero-order valence-corrected chi connectivity index (χ0v) is 21.1. The number of fused-ring (bicyclic) bond motifs is 4. The van der Waals surface area contributed by atoms with E-state index in [4.69, 9.17) is 4.74 Å². The van der Waals surface area contributed by atoms with Crippen LogP contribution in [0, 0.1) is 0 Å². The SMILES string of the molecule is COc1ccc2c3c([nH]c2c1)[C@@H](CO)N(C(=O)c1cccnc1)CC31CCN(C(=O)c2cccnc2)CC1. The van der Waals surface area contributed by atoms with E-state index in [1.54, 1.807) is 61.1 Å². The second-order valence-electron chi connectivity index (χ2n) is 10.0. The number of carbonyl (C=O) groups is 2. The minimum atomic E-state index is -0.531. The number of aromatic amines is 1. The molecule has 1 atom stereocenters. The standard InChI is InChI=1S/C29H29N5O4/c1-38-21-6-7-22-23(14-21)32-26-24(17-35)34(28(37)20-5-3-11-31-16-20)18-29(25(22)26)8-12-33(13-9-29)27(36)19-4-2-10-30-15-19/h2-7,10-11,14-16,24,32,35H,8-9,12-13,17-18H2,1H3/t24-/m1/s1. The summed E-state index contributed by atoms with van der Waals surface area (Å²) in [5.41, 5.74) is 3.52. The molecule has 38 heavy (non-hydrogen) atoms. The summed E-state index contributed by atoms with van der Waals surface area (Å²) in [7, 11) is 1.63. The van der Waals surface area contributed by atoms with Gasteiger partial charge in [-0.15, -0.1) is 0 Å². The number of aromatic nitrogens is 3. The molecule has 1 spiro atoms. The number of ether oxygens (including phenoxy) is 1. The first-order valence-corrected chi connectivity index (χ1v) is 12.8. The molecule has 0 aliphatic carbocycles. The molecule has 2 aliphatic rings. The van der Waals surface area contributed by atoms with Crippen LogP contribution in [0.1, 0.15) is 50.9 Å². The molecule has 1 fully saturated rings. The predicted molar refractivity (Wildman–Crippen MR) is 141 cm³/mol. The number of likely N-dealkylation sites (tertiary alicyclic amines) is 1. The maximum absolute atomic E-state index is 13.7. The summed E-state index contributed by atoms with van der Waals surface area (Å²) in [6, 6.07) is 12.4. The summed E-state index contributed by atoms with van der Waals surface area (Å²) in [6.45, 7) is 1.32. The number of hydrogen-bond donors (Lipinski definition) is 2. The Hall–Kier alpha value is -4.24. The van der Waals surface area contributed by atoms with E-state index in [1.807, 2.05) is 23.1 Å². The van der Waals surface area contributed by atoms with Crippen molar-refractivity contribution in [3.63, 3.8) is 0 Å². The lowest BCUT2D eigenvalue weighted by molar-refractivity contribution is 0.0325. The van der Waals surface area contributed by atoms with Crippen LogP contribution in [0.2, 0.25) is 0 Å². The van der Waals surface area contributed by atoms with Gasteiger partial charge in [0.1, 0.15) is 5.75 Å². The summed E-state index contributed by atoms with van der Waals surface area (Å²) < 4.78 is 5.45. The number of pyridine rings is 2. The number of carbonyl (C=O) groups excluding carboxylic acids is 2. The number of aliphatic hydroxyl groups excluding tert-OH is 1. The lowest BCUT2D eigenvalue weighted by Gasteiger charge is -2.50. The molecule has 4 aromatic rings. The number of hydrogen-bond acceptors (Lipinski definition) is 6. The topological polar surface area (TPSA) is 112 Å². The zero-order chi connectivity index (χ0) is 26.3. The van der Waals surface area contributed by atoms with E-state index >= 15 is 0 Å². The van der Waals surface area contributed by atoms with Crippen molar-refractivity contribution in [2.24, 2.45) is 0 Å². The van der Waals surface area contributed by atoms with Gasteiger partial charge in [-0.3, -0.25) is 19.6 Å². The maximum atomic E-state index is 13.7. The molecule has 0 saturated carbocycles. The van der Waals surface area contributed by atoms with Gasteiger partial charge in [-0.25, -0.2) is 0 Å². The van der Waals surface area contributed by atoms with Crippen molar-refractivity contribution in [1.82, 2.24) is 24.8 Å². The van der Waals surface area contributed by atoms with Crippen LogP contribution < -0.4 is 4.74 Å². The number of nitrogens with one attached hydrogen (secondary N) is 1. The van der Waals surface area contributed by atoms with Crippen molar-refractivity contribution >= 4 is 22.7 Å². The number of methoxy groups -OCH3 is 1. The summed E-state index contributed by atoms with van der Waals surface area (Å²) in [6.07, 6.45) is 7.81.